The number of nitrogens with one attached hydrogen (secondary N) is 1. The second-order valence-corrected chi connectivity index (χ2v) is 7.02. The van der Waals surface area contributed by atoms with E-state index in [0.29, 0.717) is 35.3 Å². The lowest BCUT2D eigenvalue weighted by atomic mass is 9.78. The Morgan fingerprint density at radius 1 is 1.34 bits per heavy atom. The van der Waals surface area contributed by atoms with Gasteiger partial charge < -0.3 is 19.5 Å². The van der Waals surface area contributed by atoms with E-state index in [9.17, 15) is 9.18 Å². The van der Waals surface area contributed by atoms with Crippen LogP contribution in [-0.2, 0) is 15.0 Å². The molecule has 2 aromatic rings. The van der Waals surface area contributed by atoms with E-state index in [1.54, 1.807) is 31.4 Å². The van der Waals surface area contributed by atoms with Gasteiger partial charge >= 0.3 is 0 Å². The van der Waals surface area contributed by atoms with E-state index in [-0.39, 0.29) is 11.6 Å². The zero-order chi connectivity index (χ0) is 20.6. The predicted octanol–water partition coefficient (Wildman–Crippen LogP) is 3.63. The molecule has 29 heavy (non-hydrogen) atoms. The first kappa shape index (κ1) is 18.9. The van der Waals surface area contributed by atoms with Gasteiger partial charge in [-0.25, -0.2) is 14.4 Å². The lowest BCUT2D eigenvalue weighted by Crippen LogP contribution is -2.38. The third kappa shape index (κ3) is 3.41. The summed E-state index contributed by atoms with van der Waals surface area (Å²) in [7, 11) is 1.52. The molecule has 0 bridgehead atoms. The first-order valence-electron chi connectivity index (χ1n) is 9.08. The molecule has 0 spiro atoms. The summed E-state index contributed by atoms with van der Waals surface area (Å²) in [6, 6.07) is 7.61. The van der Waals surface area contributed by atoms with Crippen LogP contribution in [0.3, 0.4) is 0 Å². The van der Waals surface area contributed by atoms with Crippen LogP contribution in [0.25, 0.3) is 0 Å². The Bertz CT molecular complexity index is 1020. The van der Waals surface area contributed by atoms with Crippen molar-refractivity contribution in [1.29, 1.82) is 0 Å². The number of ether oxygens (including phenoxy) is 3. The highest BCUT2D eigenvalue weighted by atomic mass is 19.1. The van der Waals surface area contributed by atoms with Gasteiger partial charge in [0.2, 0.25) is 0 Å². The van der Waals surface area contributed by atoms with Crippen molar-refractivity contribution in [2.75, 3.05) is 19.0 Å². The van der Waals surface area contributed by atoms with E-state index >= 15 is 0 Å². The summed E-state index contributed by atoms with van der Waals surface area (Å²) < 4.78 is 30.9. The Morgan fingerprint density at radius 3 is 2.90 bits per heavy atom. The zero-order valence-electron chi connectivity index (χ0n) is 16.2. The average molecular weight is 397 g/mol. The number of nitrogens with zero attached hydrogens (tertiary/aromatic N) is 2. The number of hydrogen-bond donors (Lipinski definition) is 1. The van der Waals surface area contributed by atoms with Crippen molar-refractivity contribution in [3.63, 3.8) is 0 Å². The molecule has 0 radical (unpaired) electrons. The Morgan fingerprint density at radius 2 is 2.17 bits per heavy atom. The number of carbonyl (C=O) groups excluding carboxylic acids is 1. The molecule has 1 N–H and O–H groups in total. The molecule has 2 atom stereocenters. The minimum atomic E-state index is -0.923. The fourth-order valence-electron chi connectivity index (χ4n) is 3.59. The summed E-state index contributed by atoms with van der Waals surface area (Å²) in [6.07, 6.45) is 3.00. The van der Waals surface area contributed by atoms with Gasteiger partial charge in [-0.2, -0.15) is 0 Å². The van der Waals surface area contributed by atoms with E-state index < -0.39 is 17.3 Å². The number of hydrogen-bond acceptors (Lipinski definition) is 6. The Kier molecular flexibility index (Phi) is 4.70. The van der Waals surface area contributed by atoms with Crippen LogP contribution in [0.15, 0.2) is 53.5 Å². The molecule has 7 nitrogen and oxygen atoms in total. The van der Waals surface area contributed by atoms with E-state index in [1.807, 2.05) is 6.92 Å². The van der Waals surface area contributed by atoms with Crippen molar-refractivity contribution in [3.8, 4) is 5.75 Å². The van der Waals surface area contributed by atoms with E-state index in [2.05, 4.69) is 15.3 Å². The monoisotopic (exact) mass is 397 g/mol. The molecule has 2 unspecified atom stereocenters. The number of halogens is 1. The van der Waals surface area contributed by atoms with Crippen LogP contribution >= 0.6 is 0 Å². The number of pyridine rings is 1. The summed E-state index contributed by atoms with van der Waals surface area (Å²) in [6.45, 7) is 3.89. The molecule has 0 saturated carbocycles. The van der Waals surface area contributed by atoms with Crippen LogP contribution in [0.4, 0.5) is 10.1 Å². The predicted molar refractivity (Wildman–Crippen MR) is 104 cm³/mol. The van der Waals surface area contributed by atoms with Crippen molar-refractivity contribution in [1.82, 2.24) is 4.98 Å². The van der Waals surface area contributed by atoms with Crippen molar-refractivity contribution < 1.29 is 23.4 Å². The number of methoxy groups -OCH3 is 1. The molecular formula is C21H20FN3O4. The van der Waals surface area contributed by atoms with Crippen molar-refractivity contribution >= 4 is 17.5 Å². The summed E-state index contributed by atoms with van der Waals surface area (Å²) in [5.74, 6) is 0.515. The fourth-order valence-corrected chi connectivity index (χ4v) is 3.59. The Labute approximate surface area is 167 Å². The number of benzene rings is 1. The Balaban J connectivity index is 1.65. The maximum atomic E-state index is 14.8. The molecule has 0 saturated heterocycles. The highest BCUT2D eigenvalue weighted by Gasteiger charge is 2.47. The van der Waals surface area contributed by atoms with Gasteiger partial charge in [0.05, 0.1) is 19.2 Å². The number of aromatic nitrogens is 1. The molecule has 0 aliphatic carbocycles. The number of carbonyl (C=O) groups is 1. The highest BCUT2D eigenvalue weighted by Crippen LogP contribution is 2.45. The minimum absolute atomic E-state index is 0.220. The second kappa shape index (κ2) is 7.20. The minimum Gasteiger partial charge on any atom is -0.497 e. The van der Waals surface area contributed by atoms with E-state index in [4.69, 9.17) is 14.2 Å². The van der Waals surface area contributed by atoms with E-state index in [1.165, 1.54) is 25.4 Å². The average Bonchev–Trinajstić information content (AvgIpc) is 3.18. The standard InChI is InChI=1S/C21H20FN3O4/c1-12-25-21(2,16-10-28-11-19(16)29-12)15-8-13(4-6-17(15)22)24-20(26)18-7-5-14(27-3)9-23-18/h4-9,11,16H,10H2,1-3H3,(H,24,26). The normalized spacial score (nSPS) is 22.6. The molecule has 4 rings (SSSR count). The fraction of sp³-hybridized carbons (Fsp3) is 0.286. The number of anilines is 1. The van der Waals surface area contributed by atoms with Gasteiger partial charge in [-0.15, -0.1) is 0 Å². The van der Waals surface area contributed by atoms with Gasteiger partial charge in [0.25, 0.3) is 5.91 Å². The second-order valence-electron chi connectivity index (χ2n) is 7.02. The molecule has 3 heterocycles. The van der Waals surface area contributed by atoms with Crippen molar-refractivity contribution in [2.45, 2.75) is 19.4 Å². The first-order valence-corrected chi connectivity index (χ1v) is 9.08. The number of fused-ring (bicyclic) bond motifs is 1. The van der Waals surface area contributed by atoms with Crippen LogP contribution in [0.2, 0.25) is 0 Å². The largest absolute Gasteiger partial charge is 0.497 e. The van der Waals surface area contributed by atoms with Crippen molar-refractivity contribution in [3.05, 3.63) is 65.6 Å². The Hall–Kier alpha value is -3.42. The zero-order valence-corrected chi connectivity index (χ0v) is 16.2. The van der Waals surface area contributed by atoms with Crippen LogP contribution in [0, 0.1) is 11.7 Å². The van der Waals surface area contributed by atoms with Crippen LogP contribution < -0.4 is 10.1 Å². The molecule has 1 aromatic heterocycles. The molecule has 2 aliphatic heterocycles. The van der Waals surface area contributed by atoms with Crippen LogP contribution in [-0.4, -0.2) is 30.5 Å². The molecule has 1 amide bonds. The summed E-state index contributed by atoms with van der Waals surface area (Å²) >= 11 is 0. The maximum absolute atomic E-state index is 14.8. The van der Waals surface area contributed by atoms with Crippen LogP contribution in [0.5, 0.6) is 5.75 Å². The summed E-state index contributed by atoms with van der Waals surface area (Å²) in [5, 5.41) is 2.76. The third-order valence-electron chi connectivity index (χ3n) is 5.11. The van der Waals surface area contributed by atoms with Gasteiger partial charge in [-0.1, -0.05) is 0 Å². The highest BCUT2D eigenvalue weighted by molar-refractivity contribution is 6.02. The first-order chi connectivity index (χ1) is 13.9. The maximum Gasteiger partial charge on any atom is 0.274 e. The van der Waals surface area contributed by atoms with Crippen molar-refractivity contribution in [2.24, 2.45) is 10.9 Å². The molecule has 150 valence electrons. The van der Waals surface area contributed by atoms with Gasteiger partial charge in [0.1, 0.15) is 41.4 Å². The molecule has 2 aliphatic rings. The quantitative estimate of drug-likeness (QED) is 0.852. The smallest absolute Gasteiger partial charge is 0.274 e. The van der Waals surface area contributed by atoms with E-state index in [0.717, 1.165) is 0 Å². The lowest BCUT2D eigenvalue weighted by molar-refractivity contribution is 0.102. The van der Waals surface area contributed by atoms with Gasteiger partial charge in [0, 0.05) is 18.2 Å². The summed E-state index contributed by atoms with van der Waals surface area (Å²) in [5.41, 5.74) is 0.0849. The molecule has 8 heteroatoms. The van der Waals surface area contributed by atoms with Gasteiger partial charge in [-0.3, -0.25) is 4.79 Å². The number of amides is 1. The molecule has 0 fully saturated rings. The summed E-state index contributed by atoms with van der Waals surface area (Å²) in [4.78, 5) is 21.2. The molecular weight excluding hydrogens is 377 g/mol. The third-order valence-corrected chi connectivity index (χ3v) is 5.11. The SMILES string of the molecule is COc1ccc(C(=O)Nc2ccc(F)c(C3(C)N=C(C)OC4=COCC43)c2)nc1. The number of aliphatic imine (C=N–C) groups is 1. The van der Waals surface area contributed by atoms with Crippen LogP contribution in [0.1, 0.15) is 29.9 Å². The number of rotatable bonds is 4. The van der Waals surface area contributed by atoms with Gasteiger partial charge in [0.15, 0.2) is 5.90 Å². The lowest BCUT2D eigenvalue weighted by Gasteiger charge is -2.36. The van der Waals surface area contributed by atoms with Gasteiger partial charge in [-0.05, 0) is 37.3 Å². The molecule has 1 aromatic carbocycles. The topological polar surface area (TPSA) is 82.0 Å².